The number of nitrogens with zero attached hydrogens (tertiary/aromatic N) is 1. The molecular formula is C8H8N2O. The predicted octanol–water partition coefficient (Wildman–Crippen LogP) is 0.370. The van der Waals surface area contributed by atoms with Gasteiger partial charge >= 0.3 is 0 Å². The van der Waals surface area contributed by atoms with E-state index < -0.39 is 0 Å². The Hall–Kier alpha value is -1.51. The van der Waals surface area contributed by atoms with Gasteiger partial charge in [-0.15, -0.1) is 0 Å². The van der Waals surface area contributed by atoms with E-state index in [1.54, 1.807) is 0 Å². The van der Waals surface area contributed by atoms with Gasteiger partial charge in [0.05, 0.1) is 11.3 Å². The van der Waals surface area contributed by atoms with Crippen molar-refractivity contribution in [3.63, 3.8) is 0 Å². The Morgan fingerprint density at radius 2 is 2.45 bits per heavy atom. The SMILES string of the molecule is NC(=O)C1=CCn2cccc21. The van der Waals surface area contributed by atoms with Crippen molar-refractivity contribution in [1.29, 1.82) is 0 Å². The molecule has 0 saturated heterocycles. The zero-order valence-corrected chi connectivity index (χ0v) is 5.95. The average Bonchev–Trinajstić information content (AvgIpc) is 2.41. The van der Waals surface area contributed by atoms with Crippen molar-refractivity contribution in [2.45, 2.75) is 6.54 Å². The van der Waals surface area contributed by atoms with Crippen LogP contribution in [0.2, 0.25) is 0 Å². The summed E-state index contributed by atoms with van der Waals surface area (Å²) in [6.45, 7) is 0.764. The fourth-order valence-corrected chi connectivity index (χ4v) is 1.34. The third-order valence-electron chi connectivity index (χ3n) is 1.86. The number of primary amides is 1. The van der Waals surface area contributed by atoms with Crippen molar-refractivity contribution in [3.8, 4) is 0 Å². The van der Waals surface area contributed by atoms with Gasteiger partial charge in [-0.3, -0.25) is 4.79 Å². The molecule has 2 heterocycles. The number of carbonyl (C=O) groups is 1. The van der Waals surface area contributed by atoms with E-state index in [1.165, 1.54) is 0 Å². The number of fused-ring (bicyclic) bond motifs is 1. The molecule has 1 aliphatic rings. The van der Waals surface area contributed by atoms with E-state index in [1.807, 2.05) is 29.0 Å². The number of nitrogens with two attached hydrogens (primary N) is 1. The lowest BCUT2D eigenvalue weighted by Gasteiger charge is -1.96. The van der Waals surface area contributed by atoms with Crippen molar-refractivity contribution in [2.24, 2.45) is 5.73 Å². The number of rotatable bonds is 1. The van der Waals surface area contributed by atoms with Gasteiger partial charge in [0, 0.05) is 12.7 Å². The minimum atomic E-state index is -0.345. The lowest BCUT2D eigenvalue weighted by Crippen LogP contribution is -2.11. The van der Waals surface area contributed by atoms with Crippen LogP contribution in [0.1, 0.15) is 5.69 Å². The Bertz CT molecular complexity index is 336. The maximum Gasteiger partial charge on any atom is 0.250 e. The topological polar surface area (TPSA) is 48.0 Å². The molecule has 0 aliphatic carbocycles. The second-order valence-electron chi connectivity index (χ2n) is 2.53. The highest BCUT2D eigenvalue weighted by molar-refractivity contribution is 6.18. The van der Waals surface area contributed by atoms with Gasteiger partial charge in [-0.25, -0.2) is 0 Å². The molecule has 2 rings (SSSR count). The Balaban J connectivity index is 2.50. The second-order valence-corrected chi connectivity index (χ2v) is 2.53. The molecule has 1 aliphatic heterocycles. The molecule has 0 aromatic carbocycles. The molecule has 0 spiro atoms. The van der Waals surface area contributed by atoms with Gasteiger partial charge in [0.2, 0.25) is 0 Å². The Morgan fingerprint density at radius 1 is 1.64 bits per heavy atom. The van der Waals surface area contributed by atoms with E-state index in [-0.39, 0.29) is 5.91 Å². The monoisotopic (exact) mass is 148 g/mol. The summed E-state index contributed by atoms with van der Waals surface area (Å²) in [5, 5.41) is 0. The van der Waals surface area contributed by atoms with Gasteiger partial charge in [-0.05, 0) is 18.2 Å². The van der Waals surface area contributed by atoms with Crippen LogP contribution in [-0.2, 0) is 11.3 Å². The molecule has 0 radical (unpaired) electrons. The van der Waals surface area contributed by atoms with Crippen LogP contribution < -0.4 is 5.73 Å². The summed E-state index contributed by atoms with van der Waals surface area (Å²) in [6.07, 6.45) is 3.78. The van der Waals surface area contributed by atoms with Gasteiger partial charge in [-0.2, -0.15) is 0 Å². The zero-order valence-electron chi connectivity index (χ0n) is 5.95. The molecule has 11 heavy (non-hydrogen) atoms. The molecule has 0 fully saturated rings. The fraction of sp³-hybridized carbons (Fsp3) is 0.125. The summed E-state index contributed by atoms with van der Waals surface area (Å²) in [7, 11) is 0. The van der Waals surface area contributed by atoms with Crippen LogP contribution in [0, 0.1) is 0 Å². The van der Waals surface area contributed by atoms with Gasteiger partial charge in [-0.1, -0.05) is 0 Å². The van der Waals surface area contributed by atoms with E-state index in [2.05, 4.69) is 0 Å². The summed E-state index contributed by atoms with van der Waals surface area (Å²) >= 11 is 0. The van der Waals surface area contributed by atoms with E-state index in [0.717, 1.165) is 12.2 Å². The van der Waals surface area contributed by atoms with Crippen LogP contribution >= 0.6 is 0 Å². The molecule has 1 amide bonds. The summed E-state index contributed by atoms with van der Waals surface area (Å²) < 4.78 is 1.99. The highest BCUT2D eigenvalue weighted by Gasteiger charge is 2.16. The summed E-state index contributed by atoms with van der Waals surface area (Å²) in [5.74, 6) is -0.345. The van der Waals surface area contributed by atoms with Gasteiger partial charge in [0.25, 0.3) is 5.91 Å². The molecule has 2 N–H and O–H groups in total. The summed E-state index contributed by atoms with van der Waals surface area (Å²) in [6, 6.07) is 3.80. The van der Waals surface area contributed by atoms with Crippen molar-refractivity contribution < 1.29 is 4.79 Å². The van der Waals surface area contributed by atoms with Crippen LogP contribution in [0.3, 0.4) is 0 Å². The number of aromatic nitrogens is 1. The largest absolute Gasteiger partial charge is 0.366 e. The quantitative estimate of drug-likeness (QED) is 0.614. The molecule has 3 heteroatoms. The van der Waals surface area contributed by atoms with E-state index in [0.29, 0.717) is 5.57 Å². The number of hydrogen-bond donors (Lipinski definition) is 1. The number of carbonyl (C=O) groups excluding carboxylic acids is 1. The molecule has 3 nitrogen and oxygen atoms in total. The molecule has 0 atom stereocenters. The van der Waals surface area contributed by atoms with Crippen molar-refractivity contribution in [1.82, 2.24) is 4.57 Å². The van der Waals surface area contributed by atoms with Crippen molar-refractivity contribution in [3.05, 3.63) is 30.1 Å². The van der Waals surface area contributed by atoms with Crippen LogP contribution in [-0.4, -0.2) is 10.5 Å². The smallest absolute Gasteiger partial charge is 0.250 e. The Morgan fingerprint density at radius 3 is 3.18 bits per heavy atom. The summed E-state index contributed by atoms with van der Waals surface area (Å²) in [5.41, 5.74) is 6.71. The van der Waals surface area contributed by atoms with E-state index in [4.69, 9.17) is 5.73 Å². The van der Waals surface area contributed by atoms with Gasteiger partial charge < -0.3 is 10.3 Å². The van der Waals surface area contributed by atoms with Gasteiger partial charge in [0.15, 0.2) is 0 Å². The van der Waals surface area contributed by atoms with Crippen molar-refractivity contribution >= 4 is 11.5 Å². The van der Waals surface area contributed by atoms with Crippen LogP contribution in [0.25, 0.3) is 5.57 Å². The minimum Gasteiger partial charge on any atom is -0.366 e. The van der Waals surface area contributed by atoms with E-state index in [9.17, 15) is 4.79 Å². The lowest BCUT2D eigenvalue weighted by molar-refractivity contribution is -0.112. The highest BCUT2D eigenvalue weighted by atomic mass is 16.1. The first-order chi connectivity index (χ1) is 5.29. The number of amides is 1. The molecular weight excluding hydrogens is 140 g/mol. The van der Waals surface area contributed by atoms with E-state index >= 15 is 0 Å². The lowest BCUT2D eigenvalue weighted by atomic mass is 10.2. The number of allylic oxidation sites excluding steroid dienone is 1. The maximum atomic E-state index is 10.8. The first-order valence-electron chi connectivity index (χ1n) is 3.44. The van der Waals surface area contributed by atoms with Crippen LogP contribution in [0.5, 0.6) is 0 Å². The molecule has 56 valence electrons. The first kappa shape index (κ1) is 6.22. The zero-order chi connectivity index (χ0) is 7.84. The third-order valence-corrected chi connectivity index (χ3v) is 1.86. The number of hydrogen-bond acceptors (Lipinski definition) is 1. The minimum absolute atomic E-state index is 0.345. The second kappa shape index (κ2) is 1.99. The molecule has 0 bridgehead atoms. The molecule has 0 unspecified atom stereocenters. The van der Waals surface area contributed by atoms with Crippen LogP contribution in [0.4, 0.5) is 0 Å². The normalized spacial score (nSPS) is 14.4. The molecule has 1 aromatic rings. The maximum absolute atomic E-state index is 10.8. The molecule has 1 aromatic heterocycles. The fourth-order valence-electron chi connectivity index (χ4n) is 1.34. The van der Waals surface area contributed by atoms with Crippen molar-refractivity contribution in [2.75, 3.05) is 0 Å². The Kier molecular flexibility index (Phi) is 1.12. The van der Waals surface area contributed by atoms with Crippen LogP contribution in [0.15, 0.2) is 24.4 Å². The Labute approximate surface area is 64.1 Å². The third kappa shape index (κ3) is 0.774. The van der Waals surface area contributed by atoms with Gasteiger partial charge in [0.1, 0.15) is 0 Å². The highest BCUT2D eigenvalue weighted by Crippen LogP contribution is 2.20. The average molecular weight is 148 g/mol. The standard InChI is InChI=1S/C8H8N2O/c9-8(11)6-3-5-10-4-1-2-7(6)10/h1-4H,5H2,(H2,9,11). The molecule has 0 saturated carbocycles. The predicted molar refractivity (Wildman–Crippen MR) is 41.6 cm³/mol. The first-order valence-corrected chi connectivity index (χ1v) is 3.44. The summed E-state index contributed by atoms with van der Waals surface area (Å²) in [4.78, 5) is 10.8.